The summed E-state index contributed by atoms with van der Waals surface area (Å²) in [7, 11) is 0. The number of nitro groups is 1. The minimum atomic E-state index is -0.454. The highest BCUT2D eigenvalue weighted by Gasteiger charge is 2.20. The molecule has 1 aromatic carbocycles. The first-order chi connectivity index (χ1) is 10.0. The smallest absolute Gasteiger partial charge is 0.288 e. The van der Waals surface area contributed by atoms with Crippen molar-refractivity contribution in [3.8, 4) is 0 Å². The SMILES string of the molecule is Cc1cc([N+](=O)[O-])c(Cl)cc1N1CCCN(CCO)CC1. The minimum Gasteiger partial charge on any atom is -0.395 e. The van der Waals surface area contributed by atoms with E-state index in [1.54, 1.807) is 6.07 Å². The van der Waals surface area contributed by atoms with Crippen molar-refractivity contribution in [3.63, 3.8) is 0 Å². The summed E-state index contributed by atoms with van der Waals surface area (Å²) in [4.78, 5) is 14.9. The number of halogens is 1. The lowest BCUT2D eigenvalue weighted by molar-refractivity contribution is -0.384. The predicted molar refractivity (Wildman–Crippen MR) is 83.2 cm³/mol. The molecule has 2 rings (SSSR count). The number of rotatable bonds is 4. The number of anilines is 1. The molecular weight excluding hydrogens is 294 g/mol. The number of hydrogen-bond donors (Lipinski definition) is 1. The highest BCUT2D eigenvalue weighted by Crippen LogP contribution is 2.32. The van der Waals surface area contributed by atoms with Crippen molar-refractivity contribution in [3.05, 3.63) is 32.8 Å². The van der Waals surface area contributed by atoms with Gasteiger partial charge in [0.1, 0.15) is 5.02 Å². The summed E-state index contributed by atoms with van der Waals surface area (Å²) < 4.78 is 0. The number of hydrogen-bond acceptors (Lipinski definition) is 5. The molecular formula is C14H20ClN3O3. The highest BCUT2D eigenvalue weighted by molar-refractivity contribution is 6.33. The fourth-order valence-electron chi connectivity index (χ4n) is 2.71. The van der Waals surface area contributed by atoms with Crippen LogP contribution in [0.5, 0.6) is 0 Å². The van der Waals surface area contributed by atoms with Crippen molar-refractivity contribution >= 4 is 23.0 Å². The summed E-state index contributed by atoms with van der Waals surface area (Å²) in [6.45, 7) is 6.27. The Labute approximate surface area is 129 Å². The van der Waals surface area contributed by atoms with Gasteiger partial charge in [-0.05, 0) is 31.5 Å². The Kier molecular flexibility index (Phi) is 5.39. The summed E-state index contributed by atoms with van der Waals surface area (Å²) in [5.74, 6) is 0. The zero-order chi connectivity index (χ0) is 15.4. The molecule has 6 nitrogen and oxygen atoms in total. The minimum absolute atomic E-state index is 0.0466. The topological polar surface area (TPSA) is 69.9 Å². The molecule has 1 N–H and O–H groups in total. The number of β-amino-alcohol motifs (C(OH)–C–C–N with tert-alkyl or cyclic N) is 1. The van der Waals surface area contributed by atoms with E-state index in [1.165, 1.54) is 6.07 Å². The van der Waals surface area contributed by atoms with E-state index < -0.39 is 4.92 Å². The zero-order valence-corrected chi connectivity index (χ0v) is 12.8. The van der Waals surface area contributed by atoms with Crippen LogP contribution in [0.2, 0.25) is 5.02 Å². The van der Waals surface area contributed by atoms with Crippen molar-refractivity contribution in [1.82, 2.24) is 4.90 Å². The number of aryl methyl sites for hydroxylation is 1. The zero-order valence-electron chi connectivity index (χ0n) is 12.1. The Balaban J connectivity index is 2.18. The maximum absolute atomic E-state index is 10.9. The van der Waals surface area contributed by atoms with Crippen LogP contribution >= 0.6 is 11.6 Å². The third kappa shape index (κ3) is 3.84. The molecule has 0 aromatic heterocycles. The molecule has 116 valence electrons. The van der Waals surface area contributed by atoms with Gasteiger partial charge in [-0.2, -0.15) is 0 Å². The van der Waals surface area contributed by atoms with Gasteiger partial charge in [0, 0.05) is 37.9 Å². The molecule has 0 saturated carbocycles. The maximum Gasteiger partial charge on any atom is 0.288 e. The molecule has 0 bridgehead atoms. The fourth-order valence-corrected chi connectivity index (χ4v) is 2.94. The molecule has 1 fully saturated rings. The van der Waals surface area contributed by atoms with E-state index in [2.05, 4.69) is 9.80 Å². The maximum atomic E-state index is 10.9. The summed E-state index contributed by atoms with van der Waals surface area (Å²) in [5, 5.41) is 20.1. The Bertz CT molecular complexity index is 524. The van der Waals surface area contributed by atoms with Crippen LogP contribution < -0.4 is 4.90 Å². The summed E-state index contributed by atoms with van der Waals surface area (Å²) in [5.41, 5.74) is 1.77. The molecule has 0 spiro atoms. The normalized spacial score (nSPS) is 16.8. The molecule has 0 unspecified atom stereocenters. The standard InChI is InChI=1S/C14H20ClN3O3/c1-11-9-14(18(20)21)12(15)10-13(11)17-4-2-3-16(5-6-17)7-8-19/h9-10,19H,2-8H2,1H3. The molecule has 21 heavy (non-hydrogen) atoms. The summed E-state index contributed by atoms with van der Waals surface area (Å²) in [6, 6.07) is 3.23. The molecule has 7 heteroatoms. The first kappa shape index (κ1) is 16.0. The van der Waals surface area contributed by atoms with Crippen LogP contribution in [0.1, 0.15) is 12.0 Å². The number of benzene rings is 1. The number of nitrogens with zero attached hydrogens (tertiary/aromatic N) is 3. The highest BCUT2D eigenvalue weighted by atomic mass is 35.5. The van der Waals surface area contributed by atoms with Crippen molar-refractivity contribution < 1.29 is 10.0 Å². The third-order valence-electron chi connectivity index (χ3n) is 3.81. The number of nitro benzene ring substituents is 1. The van der Waals surface area contributed by atoms with Gasteiger partial charge < -0.3 is 10.0 Å². The van der Waals surface area contributed by atoms with Gasteiger partial charge in [0.15, 0.2) is 0 Å². The third-order valence-corrected chi connectivity index (χ3v) is 4.11. The van der Waals surface area contributed by atoms with E-state index >= 15 is 0 Å². The number of aliphatic hydroxyl groups excluding tert-OH is 1. The Morgan fingerprint density at radius 1 is 1.33 bits per heavy atom. The van der Waals surface area contributed by atoms with Crippen LogP contribution in [0, 0.1) is 17.0 Å². The van der Waals surface area contributed by atoms with E-state index in [-0.39, 0.29) is 17.3 Å². The monoisotopic (exact) mass is 313 g/mol. The average Bonchev–Trinajstić information content (AvgIpc) is 2.67. The molecule has 1 aromatic rings. The van der Waals surface area contributed by atoms with Gasteiger partial charge in [0.05, 0.1) is 11.5 Å². The van der Waals surface area contributed by atoms with E-state index in [4.69, 9.17) is 16.7 Å². The van der Waals surface area contributed by atoms with Gasteiger partial charge in [0.25, 0.3) is 5.69 Å². The quantitative estimate of drug-likeness (QED) is 0.680. The molecule has 0 aliphatic carbocycles. The van der Waals surface area contributed by atoms with Gasteiger partial charge in [-0.1, -0.05) is 11.6 Å². The van der Waals surface area contributed by atoms with Crippen molar-refractivity contribution in [1.29, 1.82) is 0 Å². The number of aliphatic hydroxyl groups is 1. The van der Waals surface area contributed by atoms with Gasteiger partial charge in [-0.15, -0.1) is 0 Å². The lowest BCUT2D eigenvalue weighted by Crippen LogP contribution is -2.32. The summed E-state index contributed by atoms with van der Waals surface area (Å²) in [6.07, 6.45) is 0.994. The Morgan fingerprint density at radius 2 is 2.10 bits per heavy atom. The fraction of sp³-hybridized carbons (Fsp3) is 0.571. The first-order valence-electron chi connectivity index (χ1n) is 7.05. The Morgan fingerprint density at radius 3 is 2.76 bits per heavy atom. The van der Waals surface area contributed by atoms with Crippen LogP contribution in [-0.4, -0.2) is 54.3 Å². The average molecular weight is 314 g/mol. The molecule has 0 amide bonds. The van der Waals surface area contributed by atoms with Crippen LogP contribution in [0.3, 0.4) is 0 Å². The molecule has 1 aliphatic rings. The largest absolute Gasteiger partial charge is 0.395 e. The lowest BCUT2D eigenvalue weighted by Gasteiger charge is -2.25. The van der Waals surface area contributed by atoms with Gasteiger partial charge in [-0.3, -0.25) is 15.0 Å². The van der Waals surface area contributed by atoms with Crippen LogP contribution in [-0.2, 0) is 0 Å². The van der Waals surface area contributed by atoms with E-state index in [9.17, 15) is 10.1 Å². The van der Waals surface area contributed by atoms with E-state index in [0.717, 1.165) is 43.9 Å². The second-order valence-corrected chi connectivity index (χ2v) is 5.66. The van der Waals surface area contributed by atoms with Crippen molar-refractivity contribution in [2.75, 3.05) is 44.2 Å². The first-order valence-corrected chi connectivity index (χ1v) is 7.43. The van der Waals surface area contributed by atoms with Crippen molar-refractivity contribution in [2.24, 2.45) is 0 Å². The molecule has 1 heterocycles. The Hall–Kier alpha value is -1.37. The molecule has 0 atom stereocenters. The molecule has 0 radical (unpaired) electrons. The van der Waals surface area contributed by atoms with Gasteiger partial charge in [0.2, 0.25) is 0 Å². The van der Waals surface area contributed by atoms with Crippen LogP contribution in [0.4, 0.5) is 11.4 Å². The summed E-state index contributed by atoms with van der Waals surface area (Å²) >= 11 is 6.02. The molecule has 1 aliphatic heterocycles. The van der Waals surface area contributed by atoms with Crippen LogP contribution in [0.15, 0.2) is 12.1 Å². The second kappa shape index (κ2) is 7.06. The van der Waals surface area contributed by atoms with E-state index in [1.807, 2.05) is 6.92 Å². The lowest BCUT2D eigenvalue weighted by atomic mass is 10.1. The van der Waals surface area contributed by atoms with Crippen LogP contribution in [0.25, 0.3) is 0 Å². The predicted octanol–water partition coefficient (Wildman–Crippen LogP) is 2.06. The van der Waals surface area contributed by atoms with Gasteiger partial charge >= 0.3 is 0 Å². The second-order valence-electron chi connectivity index (χ2n) is 5.25. The van der Waals surface area contributed by atoms with Crippen molar-refractivity contribution in [2.45, 2.75) is 13.3 Å². The van der Waals surface area contributed by atoms with Gasteiger partial charge in [-0.25, -0.2) is 0 Å². The molecule has 1 saturated heterocycles. The van der Waals surface area contributed by atoms with E-state index in [0.29, 0.717) is 6.54 Å².